The molecule has 1 aromatic carbocycles. The van der Waals surface area contributed by atoms with E-state index in [4.69, 9.17) is 0 Å². The van der Waals surface area contributed by atoms with E-state index in [1.807, 2.05) is 29.2 Å². The van der Waals surface area contributed by atoms with Crippen molar-refractivity contribution in [1.82, 2.24) is 14.8 Å². The van der Waals surface area contributed by atoms with Crippen molar-refractivity contribution in [3.05, 3.63) is 45.9 Å². The number of nitrogens with one attached hydrogen (secondary N) is 1. The van der Waals surface area contributed by atoms with Crippen LogP contribution in [0.4, 0.5) is 0 Å². The van der Waals surface area contributed by atoms with Gasteiger partial charge in [0.15, 0.2) is 0 Å². The van der Waals surface area contributed by atoms with Crippen molar-refractivity contribution in [3.8, 4) is 0 Å². The van der Waals surface area contributed by atoms with Crippen molar-refractivity contribution in [3.63, 3.8) is 0 Å². The van der Waals surface area contributed by atoms with Crippen molar-refractivity contribution in [2.24, 2.45) is 0 Å². The molecule has 1 N–H and O–H groups in total. The van der Waals surface area contributed by atoms with E-state index < -0.39 is 0 Å². The number of carbonyl (C=O) groups excluding carboxylic acids is 1. The number of carbonyl (C=O) groups is 1. The monoisotopic (exact) mass is 339 g/mol. The number of hydrogen-bond donors (Lipinski definition) is 1. The van der Waals surface area contributed by atoms with Crippen LogP contribution in [0.1, 0.15) is 36.9 Å². The van der Waals surface area contributed by atoms with Gasteiger partial charge < -0.3 is 9.88 Å². The molecule has 25 heavy (non-hydrogen) atoms. The Hall–Kier alpha value is -2.14. The summed E-state index contributed by atoms with van der Waals surface area (Å²) in [5, 5.41) is 1.69. The van der Waals surface area contributed by atoms with E-state index in [-0.39, 0.29) is 11.5 Å². The summed E-state index contributed by atoms with van der Waals surface area (Å²) >= 11 is 0. The Morgan fingerprint density at radius 2 is 1.72 bits per heavy atom. The summed E-state index contributed by atoms with van der Waals surface area (Å²) in [6, 6.07) is 7.69. The lowest BCUT2D eigenvalue weighted by Crippen LogP contribution is -2.43. The van der Waals surface area contributed by atoms with Crippen molar-refractivity contribution in [1.29, 1.82) is 0 Å². The first kappa shape index (κ1) is 16.3. The van der Waals surface area contributed by atoms with E-state index in [1.54, 1.807) is 0 Å². The lowest BCUT2D eigenvalue weighted by molar-refractivity contribution is -0.133. The topological polar surface area (TPSA) is 56.4 Å². The van der Waals surface area contributed by atoms with Crippen LogP contribution in [-0.2, 0) is 17.8 Å². The van der Waals surface area contributed by atoms with E-state index in [1.165, 1.54) is 25.7 Å². The van der Waals surface area contributed by atoms with Crippen molar-refractivity contribution < 1.29 is 4.79 Å². The summed E-state index contributed by atoms with van der Waals surface area (Å²) in [5.74, 6) is 0.211. The maximum Gasteiger partial charge on any atom is 0.256 e. The number of rotatable bonds is 2. The van der Waals surface area contributed by atoms with Crippen LogP contribution in [0.3, 0.4) is 0 Å². The fourth-order valence-electron chi connectivity index (χ4n) is 4.10. The number of nitrogens with zero attached hydrogens (tertiary/aromatic N) is 2. The molecule has 1 saturated heterocycles. The molecule has 4 rings (SSSR count). The second-order valence-corrected chi connectivity index (χ2v) is 7.21. The fraction of sp³-hybridized carbons (Fsp3) is 0.500. The Bertz CT molecular complexity index is 834. The summed E-state index contributed by atoms with van der Waals surface area (Å²) in [7, 11) is 0. The number of H-pyrrole nitrogens is 1. The predicted octanol–water partition coefficient (Wildman–Crippen LogP) is 2.29. The van der Waals surface area contributed by atoms with Crippen molar-refractivity contribution in [2.75, 3.05) is 26.2 Å². The molecule has 0 bridgehead atoms. The normalized spacial score (nSPS) is 18.8. The lowest BCUT2D eigenvalue weighted by atomic mass is 9.99. The number of pyridine rings is 1. The number of hydrogen-bond acceptors (Lipinski definition) is 3. The highest BCUT2D eigenvalue weighted by atomic mass is 16.2. The van der Waals surface area contributed by atoms with Gasteiger partial charge in [-0.15, -0.1) is 0 Å². The first-order valence-corrected chi connectivity index (χ1v) is 9.35. The quantitative estimate of drug-likeness (QED) is 0.913. The Morgan fingerprint density at radius 3 is 2.48 bits per heavy atom. The average Bonchev–Trinajstić information content (AvgIpc) is 2.90. The Morgan fingerprint density at radius 1 is 1.00 bits per heavy atom. The van der Waals surface area contributed by atoms with Gasteiger partial charge in [-0.25, -0.2) is 0 Å². The molecule has 2 aliphatic rings. The molecule has 2 aromatic rings. The van der Waals surface area contributed by atoms with Crippen LogP contribution in [0.25, 0.3) is 10.8 Å². The Kier molecular flexibility index (Phi) is 4.57. The first-order chi connectivity index (χ1) is 12.2. The SMILES string of the molecule is O=C(CN1CCCCCC1)N1CCc2[nH]c(=O)c3ccccc3c2C1. The third-order valence-corrected chi connectivity index (χ3v) is 5.52. The molecule has 1 aromatic heterocycles. The van der Waals surface area contributed by atoms with Gasteiger partial charge in [0.1, 0.15) is 0 Å². The Balaban J connectivity index is 1.55. The number of likely N-dealkylation sites (tertiary alicyclic amines) is 1. The summed E-state index contributed by atoms with van der Waals surface area (Å²) in [4.78, 5) is 32.3. The average molecular weight is 339 g/mol. The summed E-state index contributed by atoms with van der Waals surface area (Å²) in [5.41, 5.74) is 2.06. The first-order valence-electron chi connectivity index (χ1n) is 9.35. The number of benzene rings is 1. The second-order valence-electron chi connectivity index (χ2n) is 7.21. The van der Waals surface area contributed by atoms with Gasteiger partial charge in [-0.2, -0.15) is 0 Å². The maximum atomic E-state index is 12.8. The zero-order chi connectivity index (χ0) is 17.2. The predicted molar refractivity (Wildman–Crippen MR) is 98.6 cm³/mol. The zero-order valence-electron chi connectivity index (χ0n) is 14.6. The van der Waals surface area contributed by atoms with Crippen LogP contribution in [-0.4, -0.2) is 46.9 Å². The van der Waals surface area contributed by atoms with Crippen LogP contribution in [0.2, 0.25) is 0 Å². The van der Waals surface area contributed by atoms with Crippen molar-refractivity contribution >= 4 is 16.7 Å². The van der Waals surface area contributed by atoms with Gasteiger partial charge in [0, 0.05) is 30.6 Å². The van der Waals surface area contributed by atoms with Crippen LogP contribution < -0.4 is 5.56 Å². The van der Waals surface area contributed by atoms with E-state index in [0.717, 1.165) is 36.2 Å². The minimum absolute atomic E-state index is 0.0290. The molecule has 3 heterocycles. The third kappa shape index (κ3) is 3.33. The van der Waals surface area contributed by atoms with Crippen LogP contribution in [0.5, 0.6) is 0 Å². The zero-order valence-corrected chi connectivity index (χ0v) is 14.6. The molecule has 0 unspecified atom stereocenters. The van der Waals surface area contributed by atoms with Gasteiger partial charge in [0.05, 0.1) is 6.54 Å². The highest BCUT2D eigenvalue weighted by Crippen LogP contribution is 2.24. The molecule has 0 radical (unpaired) electrons. The minimum atomic E-state index is -0.0290. The summed E-state index contributed by atoms with van der Waals surface area (Å²) in [6.45, 7) is 3.88. The molecule has 5 heteroatoms. The van der Waals surface area contributed by atoms with Gasteiger partial charge in [-0.3, -0.25) is 14.5 Å². The van der Waals surface area contributed by atoms with Gasteiger partial charge in [0.2, 0.25) is 5.91 Å². The molecule has 132 valence electrons. The maximum absolute atomic E-state index is 12.8. The highest BCUT2D eigenvalue weighted by Gasteiger charge is 2.25. The number of aromatic nitrogens is 1. The van der Waals surface area contributed by atoms with Crippen LogP contribution in [0, 0.1) is 0 Å². The van der Waals surface area contributed by atoms with E-state index in [9.17, 15) is 9.59 Å². The smallest absolute Gasteiger partial charge is 0.256 e. The van der Waals surface area contributed by atoms with E-state index in [2.05, 4.69) is 9.88 Å². The Labute approximate surface area is 147 Å². The molecule has 1 amide bonds. The van der Waals surface area contributed by atoms with Gasteiger partial charge in [-0.1, -0.05) is 31.0 Å². The molecule has 2 aliphatic heterocycles. The molecular weight excluding hydrogens is 314 g/mol. The van der Waals surface area contributed by atoms with Crippen LogP contribution >= 0.6 is 0 Å². The molecule has 0 atom stereocenters. The number of aromatic amines is 1. The van der Waals surface area contributed by atoms with E-state index in [0.29, 0.717) is 25.0 Å². The summed E-state index contributed by atoms with van der Waals surface area (Å²) < 4.78 is 0. The second kappa shape index (κ2) is 7.00. The molecule has 0 spiro atoms. The van der Waals surface area contributed by atoms with Gasteiger partial charge in [0.25, 0.3) is 5.56 Å². The summed E-state index contributed by atoms with van der Waals surface area (Å²) in [6.07, 6.45) is 5.67. The third-order valence-electron chi connectivity index (χ3n) is 5.52. The molecule has 1 fully saturated rings. The largest absolute Gasteiger partial charge is 0.337 e. The molecule has 5 nitrogen and oxygen atoms in total. The van der Waals surface area contributed by atoms with E-state index >= 15 is 0 Å². The van der Waals surface area contributed by atoms with Crippen LogP contribution in [0.15, 0.2) is 29.1 Å². The fourth-order valence-corrected chi connectivity index (χ4v) is 4.10. The van der Waals surface area contributed by atoms with Gasteiger partial charge in [-0.05, 0) is 42.9 Å². The highest BCUT2D eigenvalue weighted by molar-refractivity contribution is 5.86. The number of fused-ring (bicyclic) bond motifs is 3. The molecule has 0 aliphatic carbocycles. The minimum Gasteiger partial charge on any atom is -0.337 e. The lowest BCUT2D eigenvalue weighted by Gasteiger charge is -2.31. The standard InChI is InChI=1S/C20H25N3O2/c24-19(14-22-10-5-1-2-6-11-22)23-12-9-18-17(13-23)15-7-3-4-8-16(15)20(25)21-18/h3-4,7-8H,1-2,5-6,9-14H2,(H,21,25). The van der Waals surface area contributed by atoms with Crippen molar-refractivity contribution in [2.45, 2.75) is 38.6 Å². The number of amides is 1. The van der Waals surface area contributed by atoms with Gasteiger partial charge >= 0.3 is 0 Å². The molecule has 0 saturated carbocycles. The molecular formula is C20H25N3O2.